The second-order valence-electron chi connectivity index (χ2n) is 7.54. The van der Waals surface area contributed by atoms with Crippen LogP contribution in [0, 0.1) is 20.8 Å². The van der Waals surface area contributed by atoms with Crippen molar-refractivity contribution in [3.63, 3.8) is 0 Å². The van der Waals surface area contributed by atoms with Crippen LogP contribution < -0.4 is 14.8 Å². The Morgan fingerprint density at radius 3 is 2.15 bits per heavy atom. The molecule has 4 aromatic rings. The third-order valence-electron chi connectivity index (χ3n) is 5.23. The number of hydrogen-bond donors (Lipinski definition) is 1. The van der Waals surface area contributed by atoms with Crippen LogP contribution in [0.3, 0.4) is 0 Å². The summed E-state index contributed by atoms with van der Waals surface area (Å²) in [5.41, 5.74) is 1.86. The van der Waals surface area contributed by atoms with Crippen molar-refractivity contribution in [2.24, 2.45) is 0 Å². The van der Waals surface area contributed by atoms with Gasteiger partial charge in [0.1, 0.15) is 22.8 Å². The fourth-order valence-corrected chi connectivity index (χ4v) is 3.67. The molecule has 2 heterocycles. The van der Waals surface area contributed by atoms with Gasteiger partial charge in [0, 0.05) is 17.3 Å². The SMILES string of the molecule is COc1cc(OC)cc(-c2nc(Nc3ccc(C(F)(F)F)c(C)c3)c3c(C)nc(C)n3n2)c1. The number of halogens is 3. The molecule has 0 aliphatic rings. The summed E-state index contributed by atoms with van der Waals surface area (Å²) in [6.45, 7) is 5.06. The number of nitrogens with zero attached hydrogens (tertiary/aromatic N) is 4. The number of benzene rings is 2. The lowest BCUT2D eigenvalue weighted by Gasteiger charge is -2.14. The summed E-state index contributed by atoms with van der Waals surface area (Å²) in [6.07, 6.45) is -4.41. The standard InChI is InChI=1S/C23H22F3N5O2/c1-12-8-16(6-7-19(12)23(24,25)26)28-22-20-13(2)27-14(3)31(20)30-21(29-22)15-9-17(32-4)11-18(10-15)33-5/h6-11H,1-5H3,(H,28,29,30). The third-order valence-corrected chi connectivity index (χ3v) is 5.23. The first-order valence-corrected chi connectivity index (χ1v) is 10.0. The number of aryl methyl sites for hydroxylation is 3. The Balaban J connectivity index is 1.86. The Morgan fingerprint density at radius 1 is 0.909 bits per heavy atom. The lowest BCUT2D eigenvalue weighted by molar-refractivity contribution is -0.138. The summed E-state index contributed by atoms with van der Waals surface area (Å²) in [7, 11) is 3.10. The number of hydrogen-bond acceptors (Lipinski definition) is 6. The predicted molar refractivity (Wildman–Crippen MR) is 118 cm³/mol. The zero-order chi connectivity index (χ0) is 23.9. The van der Waals surface area contributed by atoms with E-state index < -0.39 is 11.7 Å². The summed E-state index contributed by atoms with van der Waals surface area (Å²) in [4.78, 5) is 9.16. The van der Waals surface area contributed by atoms with Crippen LogP contribution in [0.2, 0.25) is 0 Å². The van der Waals surface area contributed by atoms with E-state index in [0.29, 0.717) is 51.4 Å². The number of alkyl halides is 3. The normalized spacial score (nSPS) is 11.6. The Bertz CT molecular complexity index is 1330. The molecule has 0 atom stereocenters. The van der Waals surface area contributed by atoms with Gasteiger partial charge in [-0.2, -0.15) is 13.2 Å². The lowest BCUT2D eigenvalue weighted by atomic mass is 10.1. The molecule has 0 unspecified atom stereocenters. The van der Waals surface area contributed by atoms with Gasteiger partial charge in [-0.3, -0.25) is 0 Å². The monoisotopic (exact) mass is 457 g/mol. The quantitative estimate of drug-likeness (QED) is 0.427. The molecule has 0 spiro atoms. The molecule has 10 heteroatoms. The Labute approximate surface area is 188 Å². The van der Waals surface area contributed by atoms with Gasteiger partial charge < -0.3 is 14.8 Å². The van der Waals surface area contributed by atoms with E-state index in [4.69, 9.17) is 9.47 Å². The molecule has 0 bridgehead atoms. The average Bonchev–Trinajstić information content (AvgIpc) is 3.06. The molecule has 0 fully saturated rings. The van der Waals surface area contributed by atoms with Crippen LogP contribution in [0.5, 0.6) is 11.5 Å². The largest absolute Gasteiger partial charge is 0.497 e. The molecule has 2 aromatic carbocycles. The van der Waals surface area contributed by atoms with Gasteiger partial charge in [-0.05, 0) is 56.7 Å². The molecule has 2 aromatic heterocycles. The highest BCUT2D eigenvalue weighted by atomic mass is 19.4. The predicted octanol–water partition coefficient (Wildman–Crippen LogP) is 5.50. The highest BCUT2D eigenvalue weighted by molar-refractivity contribution is 5.78. The van der Waals surface area contributed by atoms with Gasteiger partial charge in [0.15, 0.2) is 11.6 Å². The molecule has 0 saturated heterocycles. The van der Waals surface area contributed by atoms with Crippen LogP contribution in [0.4, 0.5) is 24.7 Å². The molecule has 1 N–H and O–H groups in total. The van der Waals surface area contributed by atoms with Crippen LogP contribution in [0.25, 0.3) is 16.9 Å². The summed E-state index contributed by atoms with van der Waals surface area (Å²) in [5.74, 6) is 2.57. The minimum absolute atomic E-state index is 0.108. The van der Waals surface area contributed by atoms with Crippen molar-refractivity contribution in [3.8, 4) is 22.9 Å². The zero-order valence-electron chi connectivity index (χ0n) is 18.7. The topological polar surface area (TPSA) is 73.6 Å². The van der Waals surface area contributed by atoms with E-state index in [1.807, 2.05) is 13.8 Å². The Hall–Kier alpha value is -3.82. The smallest absolute Gasteiger partial charge is 0.416 e. The molecular formula is C23H22F3N5O2. The van der Waals surface area contributed by atoms with Crippen LogP contribution >= 0.6 is 0 Å². The molecule has 172 valence electrons. The maximum absolute atomic E-state index is 13.2. The van der Waals surface area contributed by atoms with Gasteiger partial charge in [-0.15, -0.1) is 5.10 Å². The Kier molecular flexibility index (Phi) is 5.61. The van der Waals surface area contributed by atoms with Crippen molar-refractivity contribution in [1.82, 2.24) is 19.6 Å². The molecular weight excluding hydrogens is 435 g/mol. The van der Waals surface area contributed by atoms with Gasteiger partial charge >= 0.3 is 6.18 Å². The van der Waals surface area contributed by atoms with E-state index in [2.05, 4.69) is 20.4 Å². The Morgan fingerprint density at radius 2 is 1.58 bits per heavy atom. The molecule has 0 aliphatic heterocycles. The lowest BCUT2D eigenvalue weighted by Crippen LogP contribution is -2.08. The van der Waals surface area contributed by atoms with E-state index in [-0.39, 0.29) is 5.56 Å². The fraction of sp³-hybridized carbons (Fsp3) is 0.261. The maximum atomic E-state index is 13.2. The van der Waals surface area contributed by atoms with Crippen molar-refractivity contribution in [2.75, 3.05) is 19.5 Å². The summed E-state index contributed by atoms with van der Waals surface area (Å²) < 4.78 is 51.8. The zero-order valence-corrected chi connectivity index (χ0v) is 18.7. The summed E-state index contributed by atoms with van der Waals surface area (Å²) >= 11 is 0. The number of anilines is 2. The van der Waals surface area contributed by atoms with Crippen molar-refractivity contribution in [1.29, 1.82) is 0 Å². The van der Waals surface area contributed by atoms with E-state index in [1.165, 1.54) is 19.1 Å². The number of rotatable bonds is 5. The second kappa shape index (κ2) is 8.27. The average molecular weight is 457 g/mol. The molecule has 0 saturated carbocycles. The molecule has 7 nitrogen and oxygen atoms in total. The first-order chi connectivity index (χ1) is 15.6. The molecule has 0 amide bonds. The summed E-state index contributed by atoms with van der Waals surface area (Å²) in [5, 5.41) is 7.77. The van der Waals surface area contributed by atoms with Crippen molar-refractivity contribution < 1.29 is 22.6 Å². The van der Waals surface area contributed by atoms with Crippen molar-refractivity contribution in [3.05, 3.63) is 59.0 Å². The van der Waals surface area contributed by atoms with Crippen LogP contribution in [-0.4, -0.2) is 33.8 Å². The van der Waals surface area contributed by atoms with Crippen LogP contribution in [0.15, 0.2) is 36.4 Å². The highest BCUT2D eigenvalue weighted by Crippen LogP contribution is 2.34. The van der Waals surface area contributed by atoms with Crippen molar-refractivity contribution >= 4 is 17.0 Å². The number of methoxy groups -OCH3 is 2. The number of imidazole rings is 1. The van der Waals surface area contributed by atoms with E-state index in [0.717, 1.165) is 6.07 Å². The third kappa shape index (κ3) is 4.28. The van der Waals surface area contributed by atoms with Gasteiger partial charge in [0.2, 0.25) is 0 Å². The molecule has 0 aliphatic carbocycles. The van der Waals surface area contributed by atoms with Gasteiger partial charge in [-0.1, -0.05) is 0 Å². The molecule has 0 radical (unpaired) electrons. The number of aromatic nitrogens is 4. The number of fused-ring (bicyclic) bond motifs is 1. The number of ether oxygens (including phenoxy) is 2. The second-order valence-corrected chi connectivity index (χ2v) is 7.54. The highest BCUT2D eigenvalue weighted by Gasteiger charge is 2.32. The maximum Gasteiger partial charge on any atom is 0.416 e. The van der Waals surface area contributed by atoms with Crippen LogP contribution in [-0.2, 0) is 6.18 Å². The fourth-order valence-electron chi connectivity index (χ4n) is 3.67. The van der Waals surface area contributed by atoms with Crippen molar-refractivity contribution in [2.45, 2.75) is 26.9 Å². The van der Waals surface area contributed by atoms with Gasteiger partial charge in [0.25, 0.3) is 0 Å². The van der Waals surface area contributed by atoms with E-state index >= 15 is 0 Å². The molecule has 4 rings (SSSR count). The van der Waals surface area contributed by atoms with Gasteiger partial charge in [-0.25, -0.2) is 14.5 Å². The van der Waals surface area contributed by atoms with E-state index in [9.17, 15) is 13.2 Å². The van der Waals surface area contributed by atoms with E-state index in [1.54, 1.807) is 36.9 Å². The first-order valence-electron chi connectivity index (χ1n) is 10.0. The van der Waals surface area contributed by atoms with Gasteiger partial charge in [0.05, 0.1) is 25.5 Å². The minimum atomic E-state index is -4.41. The first kappa shape index (κ1) is 22.4. The number of nitrogens with one attached hydrogen (secondary N) is 1. The minimum Gasteiger partial charge on any atom is -0.497 e. The van der Waals surface area contributed by atoms with Crippen LogP contribution in [0.1, 0.15) is 22.6 Å². The molecule has 33 heavy (non-hydrogen) atoms. The summed E-state index contributed by atoms with van der Waals surface area (Å²) in [6, 6.07) is 9.15.